The lowest BCUT2D eigenvalue weighted by Gasteiger charge is -1.99. The van der Waals surface area contributed by atoms with Crippen LogP contribution in [0.5, 0.6) is 0 Å². The van der Waals surface area contributed by atoms with Crippen molar-refractivity contribution in [3.63, 3.8) is 0 Å². The Kier molecular flexibility index (Phi) is 2.38. The smallest absolute Gasteiger partial charge is 0.0647 e. The Balaban J connectivity index is 2.68. The van der Waals surface area contributed by atoms with Gasteiger partial charge in [0, 0.05) is 16.6 Å². The first-order valence-electron chi connectivity index (χ1n) is 3.90. The van der Waals surface area contributed by atoms with Crippen LogP contribution in [0, 0.1) is 0 Å². The first-order chi connectivity index (χ1) is 6.29. The summed E-state index contributed by atoms with van der Waals surface area (Å²) in [4.78, 5) is 4.18. The van der Waals surface area contributed by atoms with Gasteiger partial charge in [-0.3, -0.25) is 4.98 Å². The summed E-state index contributed by atoms with van der Waals surface area (Å²) in [6.45, 7) is 0. The summed E-state index contributed by atoms with van der Waals surface area (Å²) in [5.74, 6) is 0.433. The van der Waals surface area contributed by atoms with E-state index in [0.717, 1.165) is 21.5 Å². The van der Waals surface area contributed by atoms with Crippen molar-refractivity contribution in [3.8, 4) is 0 Å². The molecule has 1 heterocycles. The summed E-state index contributed by atoms with van der Waals surface area (Å²) in [6, 6.07) is 7.66. The normalized spacial score (nSPS) is 10.6. The summed E-state index contributed by atoms with van der Waals surface area (Å²) in [5, 5.41) is 2.90. The fourth-order valence-corrected chi connectivity index (χ4v) is 1.56. The highest BCUT2D eigenvalue weighted by molar-refractivity contribution is 6.31. The maximum atomic E-state index is 5.86. The third-order valence-electron chi connectivity index (χ3n) is 1.88. The van der Waals surface area contributed by atoms with Gasteiger partial charge < -0.3 is 0 Å². The summed E-state index contributed by atoms with van der Waals surface area (Å²) in [7, 11) is 0. The molecule has 0 aliphatic carbocycles. The predicted molar refractivity (Wildman–Crippen MR) is 56.3 cm³/mol. The van der Waals surface area contributed by atoms with E-state index in [1.54, 1.807) is 0 Å². The van der Waals surface area contributed by atoms with Gasteiger partial charge in [0.25, 0.3) is 0 Å². The molecule has 0 unspecified atom stereocenters. The average Bonchev–Trinajstić information content (AvgIpc) is 2.16. The van der Waals surface area contributed by atoms with Gasteiger partial charge in [-0.25, -0.2) is 0 Å². The van der Waals surface area contributed by atoms with Gasteiger partial charge in [-0.05, 0) is 23.6 Å². The molecule has 1 nitrogen and oxygen atoms in total. The van der Waals surface area contributed by atoms with E-state index in [9.17, 15) is 0 Å². The number of benzene rings is 1. The lowest BCUT2D eigenvalue weighted by molar-refractivity contribution is 1.19. The Morgan fingerprint density at radius 1 is 1.15 bits per heavy atom. The van der Waals surface area contributed by atoms with E-state index >= 15 is 0 Å². The van der Waals surface area contributed by atoms with Crippen LogP contribution in [0.25, 0.3) is 10.8 Å². The minimum Gasteiger partial charge on any atom is -0.259 e. The maximum absolute atomic E-state index is 5.86. The van der Waals surface area contributed by atoms with Crippen molar-refractivity contribution in [1.29, 1.82) is 0 Å². The van der Waals surface area contributed by atoms with Crippen molar-refractivity contribution in [2.24, 2.45) is 0 Å². The number of halogens is 2. The minimum atomic E-state index is 0.433. The topological polar surface area (TPSA) is 12.9 Å². The number of rotatable bonds is 1. The summed E-state index contributed by atoms with van der Waals surface area (Å²) < 4.78 is 0. The number of hydrogen-bond acceptors (Lipinski definition) is 1. The van der Waals surface area contributed by atoms with Crippen LogP contribution in [-0.4, -0.2) is 4.98 Å². The van der Waals surface area contributed by atoms with Crippen LogP contribution in [0.15, 0.2) is 30.5 Å². The fourth-order valence-electron chi connectivity index (χ4n) is 1.23. The quantitative estimate of drug-likeness (QED) is 0.657. The average molecular weight is 212 g/mol. The van der Waals surface area contributed by atoms with Gasteiger partial charge in [0.2, 0.25) is 0 Å². The third-order valence-corrected chi connectivity index (χ3v) is 2.39. The Morgan fingerprint density at radius 2 is 2.00 bits per heavy atom. The van der Waals surface area contributed by atoms with Gasteiger partial charge in [0.05, 0.1) is 11.6 Å². The summed E-state index contributed by atoms with van der Waals surface area (Å²) in [6.07, 6.45) is 1.81. The first-order valence-corrected chi connectivity index (χ1v) is 4.81. The molecule has 0 N–H and O–H groups in total. The zero-order valence-corrected chi connectivity index (χ0v) is 8.31. The van der Waals surface area contributed by atoms with Gasteiger partial charge in [0.1, 0.15) is 0 Å². The molecule has 0 saturated carbocycles. The molecule has 0 bridgehead atoms. The van der Waals surface area contributed by atoms with Crippen molar-refractivity contribution in [2.75, 3.05) is 0 Å². The lowest BCUT2D eigenvalue weighted by Crippen LogP contribution is -1.84. The molecule has 0 amide bonds. The van der Waals surface area contributed by atoms with E-state index in [2.05, 4.69) is 4.98 Å². The van der Waals surface area contributed by atoms with Crippen molar-refractivity contribution in [2.45, 2.75) is 5.88 Å². The molecule has 0 saturated heterocycles. The third kappa shape index (κ3) is 1.77. The molecule has 0 aliphatic rings. The molecule has 2 aromatic rings. The molecular formula is C10H7Cl2N. The van der Waals surface area contributed by atoms with Crippen molar-refractivity contribution >= 4 is 34.0 Å². The summed E-state index contributed by atoms with van der Waals surface area (Å²) >= 11 is 11.5. The molecule has 0 atom stereocenters. The SMILES string of the molecule is ClCc1cc2cc(Cl)ccc2cn1. The van der Waals surface area contributed by atoms with Crippen LogP contribution in [-0.2, 0) is 5.88 Å². The van der Waals surface area contributed by atoms with Crippen molar-refractivity contribution in [3.05, 3.63) is 41.2 Å². The van der Waals surface area contributed by atoms with Gasteiger partial charge in [0.15, 0.2) is 0 Å². The zero-order chi connectivity index (χ0) is 9.26. The van der Waals surface area contributed by atoms with Crippen molar-refractivity contribution in [1.82, 2.24) is 4.98 Å². The van der Waals surface area contributed by atoms with Gasteiger partial charge in [-0.15, -0.1) is 11.6 Å². The lowest BCUT2D eigenvalue weighted by atomic mass is 10.1. The number of hydrogen-bond donors (Lipinski definition) is 0. The molecule has 3 heteroatoms. The monoisotopic (exact) mass is 211 g/mol. The van der Waals surface area contributed by atoms with Gasteiger partial charge in [-0.2, -0.15) is 0 Å². The maximum Gasteiger partial charge on any atom is 0.0647 e. The molecule has 13 heavy (non-hydrogen) atoms. The second kappa shape index (κ2) is 3.52. The molecule has 0 fully saturated rings. The Hall–Kier alpha value is -0.790. The highest BCUT2D eigenvalue weighted by Gasteiger charge is 1.97. The molecule has 0 radical (unpaired) electrons. The number of alkyl halides is 1. The Bertz CT molecular complexity index is 440. The van der Waals surface area contributed by atoms with E-state index in [-0.39, 0.29) is 0 Å². The van der Waals surface area contributed by atoms with E-state index < -0.39 is 0 Å². The van der Waals surface area contributed by atoms with Crippen LogP contribution in [0.2, 0.25) is 5.02 Å². The van der Waals surface area contributed by atoms with Gasteiger partial charge >= 0.3 is 0 Å². The molecule has 0 spiro atoms. The number of nitrogens with zero attached hydrogens (tertiary/aromatic N) is 1. The van der Waals surface area contributed by atoms with Crippen LogP contribution >= 0.6 is 23.2 Å². The largest absolute Gasteiger partial charge is 0.259 e. The first kappa shape index (κ1) is 8.79. The van der Waals surface area contributed by atoms with Crippen LogP contribution in [0.3, 0.4) is 0 Å². The van der Waals surface area contributed by atoms with Crippen molar-refractivity contribution < 1.29 is 0 Å². The molecule has 1 aromatic heterocycles. The van der Waals surface area contributed by atoms with Crippen LogP contribution in [0.4, 0.5) is 0 Å². The number of fused-ring (bicyclic) bond motifs is 1. The second-order valence-corrected chi connectivity index (χ2v) is 3.50. The number of aromatic nitrogens is 1. The second-order valence-electron chi connectivity index (χ2n) is 2.80. The van der Waals surface area contributed by atoms with E-state index in [0.29, 0.717) is 5.88 Å². The van der Waals surface area contributed by atoms with E-state index in [1.165, 1.54) is 0 Å². The highest BCUT2D eigenvalue weighted by atomic mass is 35.5. The summed E-state index contributed by atoms with van der Waals surface area (Å²) in [5.41, 5.74) is 0.872. The molecule has 66 valence electrons. The minimum absolute atomic E-state index is 0.433. The standard InChI is InChI=1S/C10H7Cl2N/c11-5-10-4-8-3-9(12)2-1-7(8)6-13-10/h1-4,6H,5H2. The number of pyridine rings is 1. The molecule has 1 aromatic carbocycles. The molecule has 2 rings (SSSR count). The Labute approximate surface area is 86.3 Å². The van der Waals surface area contributed by atoms with E-state index in [1.807, 2.05) is 30.5 Å². The molecular weight excluding hydrogens is 205 g/mol. The zero-order valence-electron chi connectivity index (χ0n) is 6.80. The van der Waals surface area contributed by atoms with Crippen LogP contribution in [0.1, 0.15) is 5.69 Å². The Morgan fingerprint density at radius 3 is 2.77 bits per heavy atom. The highest BCUT2D eigenvalue weighted by Crippen LogP contribution is 2.19. The molecule has 0 aliphatic heterocycles. The fraction of sp³-hybridized carbons (Fsp3) is 0.100. The van der Waals surface area contributed by atoms with Crippen LogP contribution < -0.4 is 0 Å². The van der Waals surface area contributed by atoms with Gasteiger partial charge in [-0.1, -0.05) is 17.7 Å². The van der Waals surface area contributed by atoms with E-state index in [4.69, 9.17) is 23.2 Å². The predicted octanol–water partition coefficient (Wildman–Crippen LogP) is 3.63.